The van der Waals surface area contributed by atoms with E-state index in [4.69, 9.17) is 14.2 Å². The van der Waals surface area contributed by atoms with Crippen molar-refractivity contribution in [2.75, 3.05) is 44.5 Å². The molecule has 0 spiro atoms. The van der Waals surface area contributed by atoms with Gasteiger partial charge in [0.05, 0.1) is 0 Å². The first-order valence-corrected chi connectivity index (χ1v) is 10.1. The summed E-state index contributed by atoms with van der Waals surface area (Å²) in [6, 6.07) is 9.16. The minimum absolute atomic E-state index is 0.0155. The van der Waals surface area contributed by atoms with E-state index in [0.29, 0.717) is 43.4 Å². The van der Waals surface area contributed by atoms with E-state index in [1.165, 1.54) is 0 Å². The van der Waals surface area contributed by atoms with Crippen molar-refractivity contribution in [1.29, 1.82) is 0 Å². The standard InChI is InChI=1S/C21H22N6O4/c1-15-22-6-7-27(15)20-5-4-19(23-24-20)25-8-10-26(11-9-25)21(28)13-29-16-2-3-17-18(12-16)31-14-30-17/h2-7,12H,8-11,13-14H2,1H3. The van der Waals surface area contributed by atoms with Crippen LogP contribution in [0.5, 0.6) is 17.2 Å². The summed E-state index contributed by atoms with van der Waals surface area (Å²) in [5, 5.41) is 8.66. The molecule has 0 saturated carbocycles. The largest absolute Gasteiger partial charge is 0.484 e. The molecule has 4 heterocycles. The van der Waals surface area contributed by atoms with E-state index < -0.39 is 0 Å². The van der Waals surface area contributed by atoms with Gasteiger partial charge in [-0.2, -0.15) is 0 Å². The van der Waals surface area contributed by atoms with E-state index in [9.17, 15) is 4.79 Å². The number of carbonyl (C=O) groups excluding carboxylic acids is 1. The molecule has 0 radical (unpaired) electrons. The average molecular weight is 422 g/mol. The summed E-state index contributed by atoms with van der Waals surface area (Å²) in [6.45, 7) is 4.70. The summed E-state index contributed by atoms with van der Waals surface area (Å²) in [5.74, 6) is 4.24. The number of aryl methyl sites for hydroxylation is 1. The first-order valence-electron chi connectivity index (χ1n) is 10.1. The van der Waals surface area contributed by atoms with E-state index in [2.05, 4.69) is 20.1 Å². The number of ether oxygens (including phenoxy) is 3. The fraction of sp³-hybridized carbons (Fsp3) is 0.333. The lowest BCUT2D eigenvalue weighted by atomic mass is 10.3. The van der Waals surface area contributed by atoms with Crippen molar-refractivity contribution in [3.63, 3.8) is 0 Å². The molecule has 31 heavy (non-hydrogen) atoms. The Morgan fingerprint density at radius 1 is 1.03 bits per heavy atom. The predicted molar refractivity (Wildman–Crippen MR) is 111 cm³/mol. The molecule has 0 N–H and O–H groups in total. The Labute approximate surface area is 179 Å². The highest BCUT2D eigenvalue weighted by Crippen LogP contribution is 2.35. The Bertz CT molecular complexity index is 1080. The fourth-order valence-corrected chi connectivity index (χ4v) is 3.62. The van der Waals surface area contributed by atoms with Gasteiger partial charge in [-0.05, 0) is 31.2 Å². The topological polar surface area (TPSA) is 94.8 Å². The van der Waals surface area contributed by atoms with E-state index in [0.717, 1.165) is 17.5 Å². The molecular weight excluding hydrogens is 400 g/mol. The van der Waals surface area contributed by atoms with Crippen LogP contribution < -0.4 is 19.1 Å². The molecule has 0 unspecified atom stereocenters. The van der Waals surface area contributed by atoms with Crippen LogP contribution >= 0.6 is 0 Å². The summed E-state index contributed by atoms with van der Waals surface area (Å²) in [5.41, 5.74) is 0. The van der Waals surface area contributed by atoms with Gasteiger partial charge in [0.2, 0.25) is 6.79 Å². The van der Waals surface area contributed by atoms with Gasteiger partial charge in [0, 0.05) is 44.6 Å². The van der Waals surface area contributed by atoms with Crippen LogP contribution in [-0.4, -0.2) is 70.1 Å². The van der Waals surface area contributed by atoms with Crippen LogP contribution in [-0.2, 0) is 4.79 Å². The van der Waals surface area contributed by atoms with Crippen molar-refractivity contribution in [3.05, 3.63) is 48.5 Å². The summed E-state index contributed by atoms with van der Waals surface area (Å²) >= 11 is 0. The van der Waals surface area contributed by atoms with Gasteiger partial charge in [-0.15, -0.1) is 10.2 Å². The second kappa shape index (κ2) is 8.13. The van der Waals surface area contributed by atoms with Gasteiger partial charge >= 0.3 is 0 Å². The van der Waals surface area contributed by atoms with E-state index in [-0.39, 0.29) is 19.3 Å². The number of rotatable bonds is 5. The van der Waals surface area contributed by atoms with Crippen LogP contribution in [0.4, 0.5) is 5.82 Å². The molecule has 160 valence electrons. The molecule has 5 rings (SSSR count). The number of carbonyl (C=O) groups is 1. The number of hydrogen-bond donors (Lipinski definition) is 0. The number of fused-ring (bicyclic) bond motifs is 1. The van der Waals surface area contributed by atoms with Gasteiger partial charge in [0.15, 0.2) is 29.7 Å². The molecule has 1 saturated heterocycles. The van der Waals surface area contributed by atoms with Crippen LogP contribution in [0.3, 0.4) is 0 Å². The van der Waals surface area contributed by atoms with Crippen molar-refractivity contribution in [3.8, 4) is 23.1 Å². The highest BCUT2D eigenvalue weighted by Gasteiger charge is 2.23. The summed E-state index contributed by atoms with van der Waals surface area (Å²) < 4.78 is 18.1. The average Bonchev–Trinajstić information content (AvgIpc) is 3.46. The van der Waals surface area contributed by atoms with Crippen molar-refractivity contribution in [2.45, 2.75) is 6.92 Å². The third-order valence-corrected chi connectivity index (χ3v) is 5.37. The fourth-order valence-electron chi connectivity index (χ4n) is 3.62. The number of amides is 1. The molecule has 2 aliphatic heterocycles. The lowest BCUT2D eigenvalue weighted by molar-refractivity contribution is -0.133. The van der Waals surface area contributed by atoms with Gasteiger partial charge < -0.3 is 24.0 Å². The lowest BCUT2D eigenvalue weighted by Crippen LogP contribution is -2.50. The number of aromatic nitrogens is 4. The van der Waals surface area contributed by atoms with Crippen molar-refractivity contribution >= 4 is 11.7 Å². The number of imidazole rings is 1. The second-order valence-electron chi connectivity index (χ2n) is 7.27. The molecule has 0 aliphatic carbocycles. The molecule has 10 nitrogen and oxygen atoms in total. The van der Waals surface area contributed by atoms with E-state index in [1.54, 1.807) is 29.3 Å². The van der Waals surface area contributed by atoms with Crippen molar-refractivity contribution in [2.24, 2.45) is 0 Å². The van der Waals surface area contributed by atoms with Crippen LogP contribution in [0, 0.1) is 6.92 Å². The normalized spacial score (nSPS) is 15.3. The smallest absolute Gasteiger partial charge is 0.260 e. The van der Waals surface area contributed by atoms with Crippen molar-refractivity contribution < 1.29 is 19.0 Å². The maximum absolute atomic E-state index is 12.5. The first-order chi connectivity index (χ1) is 15.2. The minimum Gasteiger partial charge on any atom is -0.484 e. The number of hydrogen-bond acceptors (Lipinski definition) is 8. The molecule has 10 heteroatoms. The minimum atomic E-state index is -0.0469. The molecule has 1 fully saturated rings. The number of benzene rings is 1. The Balaban J connectivity index is 1.13. The van der Waals surface area contributed by atoms with Gasteiger partial charge in [0.1, 0.15) is 11.6 Å². The Morgan fingerprint density at radius 3 is 2.55 bits per heavy atom. The highest BCUT2D eigenvalue weighted by atomic mass is 16.7. The van der Waals surface area contributed by atoms with Gasteiger partial charge in [-0.25, -0.2) is 4.98 Å². The lowest BCUT2D eigenvalue weighted by Gasteiger charge is -2.35. The summed E-state index contributed by atoms with van der Waals surface area (Å²) in [4.78, 5) is 20.7. The number of anilines is 1. The monoisotopic (exact) mass is 422 g/mol. The quantitative estimate of drug-likeness (QED) is 0.610. The maximum atomic E-state index is 12.5. The zero-order chi connectivity index (χ0) is 21.2. The van der Waals surface area contributed by atoms with Crippen LogP contribution in [0.15, 0.2) is 42.7 Å². The summed E-state index contributed by atoms with van der Waals surface area (Å²) in [7, 11) is 0. The molecule has 1 amide bonds. The molecule has 0 atom stereocenters. The Hall–Kier alpha value is -3.82. The van der Waals surface area contributed by atoms with Crippen LogP contribution in [0.25, 0.3) is 5.82 Å². The molecular formula is C21H22N6O4. The molecule has 3 aromatic rings. The van der Waals surface area contributed by atoms with Crippen LogP contribution in [0.2, 0.25) is 0 Å². The molecule has 1 aromatic carbocycles. The van der Waals surface area contributed by atoms with Gasteiger partial charge in [-0.1, -0.05) is 0 Å². The summed E-state index contributed by atoms with van der Waals surface area (Å²) in [6.07, 6.45) is 3.59. The van der Waals surface area contributed by atoms with Gasteiger partial charge in [0.25, 0.3) is 5.91 Å². The van der Waals surface area contributed by atoms with E-state index >= 15 is 0 Å². The Kier molecular flexibility index (Phi) is 5.03. The van der Waals surface area contributed by atoms with Crippen LogP contribution in [0.1, 0.15) is 5.82 Å². The maximum Gasteiger partial charge on any atom is 0.260 e. The Morgan fingerprint density at radius 2 is 1.81 bits per heavy atom. The number of piperazine rings is 1. The first kappa shape index (κ1) is 19.2. The highest BCUT2D eigenvalue weighted by molar-refractivity contribution is 5.78. The number of nitrogens with zero attached hydrogens (tertiary/aromatic N) is 6. The second-order valence-corrected chi connectivity index (χ2v) is 7.27. The zero-order valence-corrected chi connectivity index (χ0v) is 17.1. The third-order valence-electron chi connectivity index (χ3n) is 5.37. The predicted octanol–water partition coefficient (Wildman–Crippen LogP) is 1.43. The van der Waals surface area contributed by atoms with Gasteiger partial charge in [-0.3, -0.25) is 9.36 Å². The van der Waals surface area contributed by atoms with Crippen molar-refractivity contribution in [1.82, 2.24) is 24.6 Å². The molecule has 2 aliphatic rings. The molecule has 2 aromatic heterocycles. The zero-order valence-electron chi connectivity index (χ0n) is 17.1. The third kappa shape index (κ3) is 3.96. The molecule has 0 bridgehead atoms. The SMILES string of the molecule is Cc1nccn1-c1ccc(N2CCN(C(=O)COc3ccc4c(c3)OCO4)CC2)nn1. The van der Waals surface area contributed by atoms with E-state index in [1.807, 2.05) is 29.8 Å².